The Labute approximate surface area is 409 Å². The van der Waals surface area contributed by atoms with Crippen LogP contribution in [-0.2, 0) is 42.6 Å². The standard InChI is InChI=1S/C23H31ClN6O4S.C18H26ClN3O.C4H7N3O2S/c1-35(32,33)26-21-4-7-30(25-21)22(31)28-10-8-27(9-11-28)15-18-2-3-19(24)20(14-18)29-16-23(17-29)5-12-34-13-6-23;19-16-2-1-15(12-21-7-5-20-6-8-21)11-17(16)22-13-18(14-22)3-9-23-10-4-18;1-10(8,9)7-4-2-3-5-6-4/h2-4,7,14H,5-6,8-13,15-17H2,1H3,(H,25,26);1-2,11,20H,3-10,12-14H2;2-3H,1H3,(H2,5,6,7). The molecular formula is C45H64Cl2N12O7S2. The normalized spacial score (nSPS) is 20.6. The quantitative estimate of drug-likeness (QED) is 0.174. The van der Waals surface area contributed by atoms with Crippen LogP contribution in [0.4, 0.5) is 27.8 Å². The SMILES string of the molecule is CS(=O)(=O)Nc1ccn(C(=O)N2CCN(Cc3ccc(Cl)c(N4CC5(CCOCC5)C4)c3)CC2)n1.CS(=O)(=O)Nc1ccn[nH]1.Clc1ccc(CN2CCNCC2)cc1N1CC2(CCOCC2)C1. The van der Waals surface area contributed by atoms with Gasteiger partial charge in [0.2, 0.25) is 20.0 Å². The highest BCUT2D eigenvalue weighted by Crippen LogP contribution is 2.45. The highest BCUT2D eigenvalue weighted by molar-refractivity contribution is 7.92. The minimum absolute atomic E-state index is 0.128. The van der Waals surface area contributed by atoms with E-state index in [9.17, 15) is 21.6 Å². The second kappa shape index (κ2) is 21.8. The maximum Gasteiger partial charge on any atom is 0.344 e. The summed E-state index contributed by atoms with van der Waals surface area (Å²) >= 11 is 13.0. The Balaban J connectivity index is 0.000000161. The largest absolute Gasteiger partial charge is 0.381 e. The number of sulfonamides is 2. The lowest BCUT2D eigenvalue weighted by atomic mass is 9.73. The first kappa shape index (κ1) is 50.2. The van der Waals surface area contributed by atoms with Crippen molar-refractivity contribution in [2.45, 2.75) is 38.8 Å². The van der Waals surface area contributed by atoms with E-state index in [1.54, 1.807) is 4.90 Å². The van der Waals surface area contributed by atoms with Crippen molar-refractivity contribution in [3.8, 4) is 0 Å². The van der Waals surface area contributed by atoms with Crippen molar-refractivity contribution in [1.29, 1.82) is 0 Å². The summed E-state index contributed by atoms with van der Waals surface area (Å²) in [5.74, 6) is 0.505. The number of amides is 1. The maximum atomic E-state index is 12.8. The molecule has 2 aromatic heterocycles. The number of anilines is 4. The number of halogens is 2. The Morgan fingerprint density at radius 3 is 1.66 bits per heavy atom. The minimum Gasteiger partial charge on any atom is -0.381 e. The predicted octanol–water partition coefficient (Wildman–Crippen LogP) is 4.45. The zero-order valence-corrected chi connectivity index (χ0v) is 42.0. The summed E-state index contributed by atoms with van der Waals surface area (Å²) in [5.41, 5.74) is 5.77. The molecule has 68 heavy (non-hydrogen) atoms. The molecule has 4 N–H and O–H groups in total. The number of rotatable bonds is 10. The molecular weight excluding hydrogens is 956 g/mol. The van der Waals surface area contributed by atoms with Crippen molar-refractivity contribution in [3.05, 3.63) is 82.1 Å². The monoisotopic (exact) mass is 1020 g/mol. The van der Waals surface area contributed by atoms with Gasteiger partial charge in [-0.2, -0.15) is 9.78 Å². The van der Waals surface area contributed by atoms with Crippen LogP contribution in [0.1, 0.15) is 36.8 Å². The molecule has 0 bridgehead atoms. The fraction of sp³-hybridized carbons (Fsp3) is 0.578. The molecule has 2 aromatic carbocycles. The van der Waals surface area contributed by atoms with E-state index in [1.807, 2.05) is 6.07 Å². The zero-order valence-electron chi connectivity index (χ0n) is 38.8. The Morgan fingerprint density at radius 1 is 0.691 bits per heavy atom. The summed E-state index contributed by atoms with van der Waals surface area (Å²) in [6, 6.07) is 15.5. The molecule has 6 saturated heterocycles. The van der Waals surface area contributed by atoms with E-state index in [1.165, 1.54) is 58.9 Å². The van der Waals surface area contributed by atoms with Crippen LogP contribution < -0.4 is 24.6 Å². The number of H-pyrrole nitrogens is 1. The second-order valence-corrected chi connectivity index (χ2v) is 23.3. The molecule has 6 fully saturated rings. The van der Waals surface area contributed by atoms with Crippen molar-refractivity contribution in [1.82, 2.24) is 40.0 Å². The molecule has 23 heteroatoms. The van der Waals surface area contributed by atoms with Gasteiger partial charge in [-0.15, -0.1) is 5.10 Å². The lowest BCUT2D eigenvalue weighted by Crippen LogP contribution is -2.58. The Morgan fingerprint density at radius 2 is 1.19 bits per heavy atom. The van der Waals surface area contributed by atoms with Crippen LogP contribution in [0.3, 0.4) is 0 Å². The third kappa shape index (κ3) is 13.6. The average molecular weight is 1020 g/mol. The molecule has 19 nitrogen and oxygen atoms in total. The average Bonchev–Trinajstić information content (AvgIpc) is 3.98. The first-order valence-corrected chi connectivity index (χ1v) is 27.7. The van der Waals surface area contributed by atoms with Crippen LogP contribution in [0.5, 0.6) is 0 Å². The van der Waals surface area contributed by atoms with Gasteiger partial charge in [0.1, 0.15) is 5.82 Å². The van der Waals surface area contributed by atoms with Crippen molar-refractivity contribution in [3.63, 3.8) is 0 Å². The minimum atomic E-state index is -3.44. The first-order valence-electron chi connectivity index (χ1n) is 23.2. The molecule has 0 saturated carbocycles. The van der Waals surface area contributed by atoms with Crippen molar-refractivity contribution >= 4 is 72.3 Å². The van der Waals surface area contributed by atoms with Gasteiger partial charge < -0.3 is 29.5 Å². The molecule has 372 valence electrons. The Hall–Kier alpha value is -4.19. The fourth-order valence-electron chi connectivity index (χ4n) is 9.72. The van der Waals surface area contributed by atoms with E-state index in [-0.39, 0.29) is 11.8 Å². The van der Waals surface area contributed by atoms with Gasteiger partial charge in [-0.3, -0.25) is 24.3 Å². The van der Waals surface area contributed by atoms with Crippen LogP contribution in [0.25, 0.3) is 0 Å². The number of carbonyl (C=O) groups is 1. The third-order valence-corrected chi connectivity index (χ3v) is 15.3. The van der Waals surface area contributed by atoms with E-state index in [0.29, 0.717) is 29.7 Å². The zero-order chi connectivity index (χ0) is 47.9. The Bertz CT molecular complexity index is 2530. The van der Waals surface area contributed by atoms with E-state index in [0.717, 1.165) is 146 Å². The number of piperazine rings is 2. The van der Waals surface area contributed by atoms with Gasteiger partial charge in [0, 0.05) is 147 Å². The van der Waals surface area contributed by atoms with E-state index < -0.39 is 20.0 Å². The number of nitrogens with one attached hydrogen (secondary N) is 4. The number of hydrogen-bond donors (Lipinski definition) is 4. The molecule has 2 spiro atoms. The molecule has 6 aliphatic rings. The first-order chi connectivity index (χ1) is 32.5. The summed E-state index contributed by atoms with van der Waals surface area (Å²) in [7, 11) is -6.61. The number of hydrogen-bond acceptors (Lipinski definition) is 14. The number of benzene rings is 2. The molecule has 0 unspecified atom stereocenters. The van der Waals surface area contributed by atoms with Gasteiger partial charge in [0.25, 0.3) is 0 Å². The highest BCUT2D eigenvalue weighted by Gasteiger charge is 2.45. The summed E-state index contributed by atoms with van der Waals surface area (Å²) in [5, 5.41) is 15.1. The molecule has 1 amide bonds. The number of aromatic nitrogens is 4. The van der Waals surface area contributed by atoms with Crippen LogP contribution >= 0.6 is 23.2 Å². The second-order valence-electron chi connectivity index (χ2n) is 18.9. The van der Waals surface area contributed by atoms with Gasteiger partial charge in [-0.05, 0) is 61.1 Å². The number of aromatic amines is 1. The summed E-state index contributed by atoms with van der Waals surface area (Å²) in [6.45, 7) is 16.8. The molecule has 8 heterocycles. The summed E-state index contributed by atoms with van der Waals surface area (Å²) < 4.78 is 60.5. The van der Waals surface area contributed by atoms with Gasteiger partial charge in [-0.25, -0.2) is 21.6 Å². The number of carbonyl (C=O) groups excluding carboxylic acids is 1. The lowest BCUT2D eigenvalue weighted by Gasteiger charge is -2.53. The number of ether oxygens (including phenoxy) is 2. The summed E-state index contributed by atoms with van der Waals surface area (Å²) in [6.07, 6.45) is 9.70. The molecule has 0 aliphatic carbocycles. The third-order valence-electron chi connectivity index (χ3n) is 13.5. The predicted molar refractivity (Wildman–Crippen MR) is 266 cm³/mol. The van der Waals surface area contributed by atoms with Crippen molar-refractivity contribution in [2.75, 3.05) is 137 Å². The maximum absolute atomic E-state index is 12.8. The molecule has 10 rings (SSSR count). The van der Waals surface area contributed by atoms with Crippen LogP contribution in [0.15, 0.2) is 60.9 Å². The Kier molecular flexibility index (Phi) is 16.1. The molecule has 0 radical (unpaired) electrons. The van der Waals surface area contributed by atoms with E-state index >= 15 is 0 Å². The lowest BCUT2D eigenvalue weighted by molar-refractivity contribution is -0.000351. The van der Waals surface area contributed by atoms with Gasteiger partial charge in [0.05, 0.1) is 40.1 Å². The van der Waals surface area contributed by atoms with E-state index in [2.05, 4.69) is 80.0 Å². The molecule has 0 atom stereocenters. The molecule has 6 aliphatic heterocycles. The fourth-order valence-corrected chi connectivity index (χ4v) is 11.2. The highest BCUT2D eigenvalue weighted by atomic mass is 35.5. The van der Waals surface area contributed by atoms with Crippen LogP contribution in [0, 0.1) is 10.8 Å². The van der Waals surface area contributed by atoms with Crippen LogP contribution in [0.2, 0.25) is 10.0 Å². The van der Waals surface area contributed by atoms with Crippen molar-refractivity contribution in [2.24, 2.45) is 10.8 Å². The molecule has 4 aromatic rings. The topological polar surface area (TPSA) is 203 Å². The van der Waals surface area contributed by atoms with Gasteiger partial charge >= 0.3 is 6.03 Å². The van der Waals surface area contributed by atoms with Gasteiger partial charge in [-0.1, -0.05) is 35.3 Å². The van der Waals surface area contributed by atoms with Crippen LogP contribution in [-0.4, -0.2) is 175 Å². The van der Waals surface area contributed by atoms with E-state index in [4.69, 9.17) is 32.7 Å². The summed E-state index contributed by atoms with van der Waals surface area (Å²) in [4.78, 5) is 24.2. The van der Waals surface area contributed by atoms with Gasteiger partial charge in [0.15, 0.2) is 5.82 Å². The number of nitrogens with zero attached hydrogens (tertiary/aromatic N) is 8. The smallest absolute Gasteiger partial charge is 0.344 e. The van der Waals surface area contributed by atoms with Crippen molar-refractivity contribution < 1.29 is 31.1 Å².